The van der Waals surface area contributed by atoms with Crippen molar-refractivity contribution in [2.45, 2.75) is 29.9 Å². The van der Waals surface area contributed by atoms with Crippen LogP contribution >= 0.6 is 11.8 Å². The van der Waals surface area contributed by atoms with Crippen molar-refractivity contribution < 1.29 is 0 Å². The summed E-state index contributed by atoms with van der Waals surface area (Å²) in [5.41, 5.74) is 0.399. The van der Waals surface area contributed by atoms with E-state index in [1.807, 2.05) is 19.1 Å². The van der Waals surface area contributed by atoms with E-state index in [-0.39, 0.29) is 5.69 Å². The normalized spacial score (nSPS) is 10.2. The predicted octanol–water partition coefficient (Wildman–Crippen LogP) is 2.00. The van der Waals surface area contributed by atoms with Crippen LogP contribution in [-0.4, -0.2) is 14.8 Å². The van der Waals surface area contributed by atoms with Gasteiger partial charge in [0, 0.05) is 11.4 Å². The minimum absolute atomic E-state index is 0.198. The lowest BCUT2D eigenvalue weighted by molar-refractivity contribution is 0.604. The number of hydrogen-bond acceptors (Lipinski definition) is 4. The van der Waals surface area contributed by atoms with E-state index in [9.17, 15) is 4.79 Å². The molecule has 2 rings (SSSR count). The summed E-state index contributed by atoms with van der Waals surface area (Å²) >= 11 is 1.37. The van der Waals surface area contributed by atoms with Gasteiger partial charge in [0.05, 0.1) is 11.6 Å². The molecule has 0 fully saturated rings. The molecule has 0 aliphatic rings. The molecular formula is C12H12N4OS. The van der Waals surface area contributed by atoms with E-state index in [2.05, 4.69) is 16.3 Å². The molecule has 1 N–H and O–H groups in total. The minimum atomic E-state index is -0.198. The number of nitriles is 1. The minimum Gasteiger partial charge on any atom is -0.270 e. The molecule has 5 nitrogen and oxygen atoms in total. The Kier molecular flexibility index (Phi) is 3.85. The molecule has 1 heterocycles. The van der Waals surface area contributed by atoms with Crippen LogP contribution in [0.4, 0.5) is 0 Å². The molecule has 6 heteroatoms. The van der Waals surface area contributed by atoms with Gasteiger partial charge in [0.1, 0.15) is 0 Å². The third-order valence-corrected chi connectivity index (χ3v) is 3.33. The molecule has 0 saturated heterocycles. The fourth-order valence-corrected chi connectivity index (χ4v) is 2.46. The average molecular weight is 260 g/mol. The van der Waals surface area contributed by atoms with E-state index in [0.29, 0.717) is 17.3 Å². The van der Waals surface area contributed by atoms with Crippen LogP contribution in [0.3, 0.4) is 0 Å². The van der Waals surface area contributed by atoms with Crippen molar-refractivity contribution in [3.8, 4) is 6.07 Å². The summed E-state index contributed by atoms with van der Waals surface area (Å²) in [6.07, 6.45) is 0.866. The Labute approximate surface area is 108 Å². The van der Waals surface area contributed by atoms with Gasteiger partial charge in [-0.15, -0.1) is 5.10 Å². The van der Waals surface area contributed by atoms with Crippen LogP contribution in [0.2, 0.25) is 0 Å². The number of aromatic nitrogens is 3. The Balaban J connectivity index is 2.28. The first-order valence-corrected chi connectivity index (χ1v) is 6.39. The quantitative estimate of drug-likeness (QED) is 0.912. The highest BCUT2D eigenvalue weighted by Gasteiger charge is 2.09. The molecule has 18 heavy (non-hydrogen) atoms. The van der Waals surface area contributed by atoms with Crippen molar-refractivity contribution in [1.29, 1.82) is 5.26 Å². The van der Waals surface area contributed by atoms with E-state index < -0.39 is 0 Å². The Morgan fingerprint density at radius 1 is 1.56 bits per heavy atom. The van der Waals surface area contributed by atoms with Crippen molar-refractivity contribution in [2.24, 2.45) is 0 Å². The van der Waals surface area contributed by atoms with Crippen LogP contribution in [0.5, 0.6) is 0 Å². The zero-order chi connectivity index (χ0) is 13.0. The van der Waals surface area contributed by atoms with Gasteiger partial charge in [-0.3, -0.25) is 4.57 Å². The number of H-pyrrole nitrogens is 1. The molecule has 0 amide bonds. The first-order chi connectivity index (χ1) is 8.74. The number of nitrogens with zero attached hydrogens (tertiary/aromatic N) is 3. The molecule has 2 aromatic rings. The lowest BCUT2D eigenvalue weighted by Gasteiger charge is -2.03. The van der Waals surface area contributed by atoms with Crippen molar-refractivity contribution in [3.63, 3.8) is 0 Å². The van der Waals surface area contributed by atoms with Crippen LogP contribution in [0.15, 0.2) is 39.1 Å². The molecule has 1 aromatic carbocycles. The summed E-state index contributed by atoms with van der Waals surface area (Å²) in [5, 5.41) is 15.9. The smallest absolute Gasteiger partial charge is 0.270 e. The molecular weight excluding hydrogens is 248 g/mol. The third kappa shape index (κ3) is 2.63. The first-order valence-electron chi connectivity index (χ1n) is 5.58. The van der Waals surface area contributed by atoms with Crippen LogP contribution in [-0.2, 0) is 6.54 Å². The number of benzene rings is 1. The summed E-state index contributed by atoms with van der Waals surface area (Å²) < 4.78 is 1.60. The van der Waals surface area contributed by atoms with Crippen LogP contribution in [0, 0.1) is 11.3 Å². The molecule has 1 aromatic heterocycles. The van der Waals surface area contributed by atoms with Gasteiger partial charge in [-0.1, -0.05) is 13.0 Å². The topological polar surface area (TPSA) is 74.5 Å². The van der Waals surface area contributed by atoms with E-state index in [1.165, 1.54) is 11.8 Å². The second-order valence-electron chi connectivity index (χ2n) is 3.70. The zero-order valence-corrected chi connectivity index (χ0v) is 10.7. The van der Waals surface area contributed by atoms with E-state index in [0.717, 1.165) is 11.3 Å². The summed E-state index contributed by atoms with van der Waals surface area (Å²) in [6.45, 7) is 2.64. The first kappa shape index (κ1) is 12.5. The van der Waals surface area contributed by atoms with Crippen molar-refractivity contribution in [3.05, 3.63) is 40.3 Å². The fourth-order valence-electron chi connectivity index (χ4n) is 1.54. The molecule has 0 radical (unpaired) electrons. The lowest BCUT2D eigenvalue weighted by atomic mass is 10.2. The molecule has 0 aliphatic carbocycles. The Bertz CT molecular complexity index is 638. The van der Waals surface area contributed by atoms with Gasteiger partial charge in [0.15, 0.2) is 5.16 Å². The maximum atomic E-state index is 11.5. The second-order valence-corrected chi connectivity index (χ2v) is 4.75. The maximum Gasteiger partial charge on any atom is 0.343 e. The van der Waals surface area contributed by atoms with E-state index in [1.54, 1.807) is 16.7 Å². The highest BCUT2D eigenvalue weighted by Crippen LogP contribution is 2.25. The van der Waals surface area contributed by atoms with Crippen LogP contribution in [0.1, 0.15) is 18.9 Å². The molecule has 0 spiro atoms. The van der Waals surface area contributed by atoms with E-state index >= 15 is 0 Å². The average Bonchev–Trinajstić information content (AvgIpc) is 2.72. The van der Waals surface area contributed by atoms with Crippen molar-refractivity contribution in [2.75, 3.05) is 0 Å². The Hall–Kier alpha value is -2.00. The van der Waals surface area contributed by atoms with Gasteiger partial charge in [-0.05, 0) is 36.4 Å². The summed E-state index contributed by atoms with van der Waals surface area (Å²) in [7, 11) is 0. The number of hydrogen-bond donors (Lipinski definition) is 1. The van der Waals surface area contributed by atoms with Gasteiger partial charge in [-0.2, -0.15) is 5.26 Å². The lowest BCUT2D eigenvalue weighted by Crippen LogP contribution is -2.17. The van der Waals surface area contributed by atoms with E-state index in [4.69, 9.17) is 5.26 Å². The standard InChI is InChI=1S/C12H12N4OS/c1-2-6-16-11(17)14-15-12(16)18-10-5-3-4-9(7-10)8-13/h3-5,7H,2,6H2,1H3,(H,14,17). The molecule has 0 atom stereocenters. The highest BCUT2D eigenvalue weighted by atomic mass is 32.2. The summed E-state index contributed by atoms with van der Waals surface area (Å²) in [4.78, 5) is 12.4. The Morgan fingerprint density at radius 2 is 2.39 bits per heavy atom. The van der Waals surface area contributed by atoms with Gasteiger partial charge in [-0.25, -0.2) is 9.89 Å². The monoisotopic (exact) mass is 260 g/mol. The number of aromatic amines is 1. The van der Waals surface area contributed by atoms with Gasteiger partial charge in [0.25, 0.3) is 0 Å². The van der Waals surface area contributed by atoms with Gasteiger partial charge >= 0.3 is 5.69 Å². The highest BCUT2D eigenvalue weighted by molar-refractivity contribution is 7.99. The summed E-state index contributed by atoms with van der Waals surface area (Å²) in [5.74, 6) is 0. The molecule has 0 bridgehead atoms. The number of nitrogens with one attached hydrogen (secondary N) is 1. The maximum absolute atomic E-state index is 11.5. The SMILES string of the molecule is CCCn1c(Sc2cccc(C#N)c2)n[nH]c1=O. The molecule has 0 unspecified atom stereocenters. The van der Waals surface area contributed by atoms with Crippen LogP contribution < -0.4 is 5.69 Å². The van der Waals surface area contributed by atoms with Crippen molar-refractivity contribution >= 4 is 11.8 Å². The molecule has 0 aliphatic heterocycles. The van der Waals surface area contributed by atoms with Gasteiger partial charge in [0.2, 0.25) is 0 Å². The zero-order valence-electron chi connectivity index (χ0n) is 9.88. The predicted molar refractivity (Wildman–Crippen MR) is 68.4 cm³/mol. The largest absolute Gasteiger partial charge is 0.343 e. The number of rotatable bonds is 4. The fraction of sp³-hybridized carbons (Fsp3) is 0.250. The Morgan fingerprint density at radius 3 is 3.11 bits per heavy atom. The third-order valence-electron chi connectivity index (χ3n) is 2.34. The molecule has 92 valence electrons. The second kappa shape index (κ2) is 5.56. The molecule has 0 saturated carbocycles. The summed E-state index contributed by atoms with van der Waals surface area (Å²) in [6, 6.07) is 9.31. The van der Waals surface area contributed by atoms with Gasteiger partial charge < -0.3 is 0 Å². The van der Waals surface area contributed by atoms with Crippen LogP contribution in [0.25, 0.3) is 0 Å². The van der Waals surface area contributed by atoms with Crippen molar-refractivity contribution in [1.82, 2.24) is 14.8 Å².